The Morgan fingerprint density at radius 3 is 2.19 bits per heavy atom. The van der Waals surface area contributed by atoms with Gasteiger partial charge in [-0.25, -0.2) is 16.8 Å². The zero-order chi connectivity index (χ0) is 26.8. The highest BCUT2D eigenvalue weighted by molar-refractivity contribution is 7.92. The van der Waals surface area contributed by atoms with Gasteiger partial charge in [-0.05, 0) is 73.9 Å². The van der Waals surface area contributed by atoms with Crippen LogP contribution in [-0.2, 0) is 20.0 Å². The summed E-state index contributed by atoms with van der Waals surface area (Å²) in [5.74, 6) is -0.507. The van der Waals surface area contributed by atoms with Gasteiger partial charge in [-0.15, -0.1) is 0 Å². The van der Waals surface area contributed by atoms with Crippen molar-refractivity contribution in [3.63, 3.8) is 0 Å². The lowest BCUT2D eigenvalue weighted by Crippen LogP contribution is -2.35. The predicted octanol–water partition coefficient (Wildman–Crippen LogP) is 5.53. The van der Waals surface area contributed by atoms with Gasteiger partial charge in [0.2, 0.25) is 10.0 Å². The minimum absolute atomic E-state index is 0.0488. The normalized spacial score (nSPS) is 14.8. The number of amides is 1. The Morgan fingerprint density at radius 2 is 1.51 bits per heavy atom. The largest absolute Gasteiger partial charge is 0.322 e. The molecular formula is C25H25Cl2N3O5S2. The number of benzene rings is 3. The van der Waals surface area contributed by atoms with E-state index in [0.29, 0.717) is 24.3 Å². The van der Waals surface area contributed by atoms with Gasteiger partial charge in [-0.3, -0.25) is 9.52 Å². The Balaban J connectivity index is 1.51. The zero-order valence-corrected chi connectivity index (χ0v) is 23.0. The van der Waals surface area contributed by atoms with Crippen LogP contribution in [0.15, 0.2) is 70.5 Å². The molecule has 1 aliphatic heterocycles. The van der Waals surface area contributed by atoms with Crippen molar-refractivity contribution in [2.45, 2.75) is 36.0 Å². The van der Waals surface area contributed by atoms with E-state index in [4.69, 9.17) is 23.2 Å². The van der Waals surface area contributed by atoms with Gasteiger partial charge >= 0.3 is 0 Å². The number of hydrogen-bond donors (Lipinski definition) is 2. The summed E-state index contributed by atoms with van der Waals surface area (Å²) in [5.41, 5.74) is 1.30. The van der Waals surface area contributed by atoms with Crippen LogP contribution in [0, 0.1) is 6.92 Å². The van der Waals surface area contributed by atoms with Crippen molar-refractivity contribution >= 4 is 60.5 Å². The van der Waals surface area contributed by atoms with Crippen LogP contribution in [-0.4, -0.2) is 40.1 Å². The highest BCUT2D eigenvalue weighted by Crippen LogP contribution is 2.31. The molecule has 0 atom stereocenters. The van der Waals surface area contributed by atoms with E-state index in [0.717, 1.165) is 19.3 Å². The Kier molecular flexibility index (Phi) is 8.15. The molecule has 1 saturated heterocycles. The molecule has 37 heavy (non-hydrogen) atoms. The lowest BCUT2D eigenvalue weighted by atomic mass is 10.1. The van der Waals surface area contributed by atoms with Crippen LogP contribution in [0.2, 0.25) is 10.0 Å². The first-order chi connectivity index (χ1) is 17.5. The van der Waals surface area contributed by atoms with Crippen LogP contribution in [0.4, 0.5) is 11.4 Å². The first kappa shape index (κ1) is 27.4. The Morgan fingerprint density at radius 1 is 0.865 bits per heavy atom. The van der Waals surface area contributed by atoms with Gasteiger partial charge in [-0.2, -0.15) is 4.31 Å². The molecule has 2 N–H and O–H groups in total. The minimum Gasteiger partial charge on any atom is -0.322 e. The summed E-state index contributed by atoms with van der Waals surface area (Å²) >= 11 is 12.0. The Labute approximate surface area is 226 Å². The van der Waals surface area contributed by atoms with E-state index in [9.17, 15) is 21.6 Å². The van der Waals surface area contributed by atoms with Gasteiger partial charge < -0.3 is 5.32 Å². The Hall–Kier alpha value is -2.63. The number of sulfonamides is 2. The number of rotatable bonds is 7. The number of carbonyl (C=O) groups is 1. The molecule has 0 aromatic heterocycles. The number of nitrogens with zero attached hydrogens (tertiary/aromatic N) is 1. The highest BCUT2D eigenvalue weighted by Gasteiger charge is 2.27. The number of nitrogens with one attached hydrogen (secondary N) is 2. The number of piperidine rings is 1. The van der Waals surface area contributed by atoms with Crippen LogP contribution >= 0.6 is 23.2 Å². The lowest BCUT2D eigenvalue weighted by Gasteiger charge is -2.26. The van der Waals surface area contributed by atoms with Crippen molar-refractivity contribution < 1.29 is 21.6 Å². The molecule has 1 fully saturated rings. The fourth-order valence-electron chi connectivity index (χ4n) is 3.96. The van der Waals surface area contributed by atoms with E-state index in [-0.39, 0.29) is 31.1 Å². The monoisotopic (exact) mass is 581 g/mol. The van der Waals surface area contributed by atoms with Gasteiger partial charge in [0.25, 0.3) is 15.9 Å². The SMILES string of the molecule is Cc1ccc(S(=O)(=O)N2CCCCC2)cc1C(=O)Nc1ccc(S(=O)(=O)Nc2cccc(Cl)c2Cl)cc1. The third-order valence-corrected chi connectivity index (χ3v) is 10.1. The molecule has 1 aliphatic rings. The summed E-state index contributed by atoms with van der Waals surface area (Å²) in [5, 5.41) is 2.99. The third kappa shape index (κ3) is 6.10. The van der Waals surface area contributed by atoms with Crippen molar-refractivity contribution in [2.24, 2.45) is 0 Å². The third-order valence-electron chi connectivity index (χ3n) is 6.02. The molecule has 1 amide bonds. The first-order valence-electron chi connectivity index (χ1n) is 11.5. The second kappa shape index (κ2) is 11.0. The molecule has 12 heteroatoms. The smallest absolute Gasteiger partial charge is 0.261 e. The molecule has 196 valence electrons. The number of anilines is 2. The lowest BCUT2D eigenvalue weighted by molar-refractivity contribution is 0.102. The number of hydrogen-bond acceptors (Lipinski definition) is 5. The van der Waals surface area contributed by atoms with E-state index >= 15 is 0 Å². The van der Waals surface area contributed by atoms with Gasteiger partial charge in [0.1, 0.15) is 0 Å². The summed E-state index contributed by atoms with van der Waals surface area (Å²) in [6.07, 6.45) is 2.62. The second-order valence-corrected chi connectivity index (χ2v) is 13.0. The molecule has 8 nitrogen and oxygen atoms in total. The maximum absolute atomic E-state index is 13.0. The molecule has 4 rings (SSSR count). The van der Waals surface area contributed by atoms with E-state index in [1.807, 2.05) is 0 Å². The quantitative estimate of drug-likeness (QED) is 0.381. The Bertz CT molecular complexity index is 1540. The van der Waals surface area contributed by atoms with E-state index in [1.54, 1.807) is 25.1 Å². The van der Waals surface area contributed by atoms with Gasteiger partial charge in [0.15, 0.2) is 0 Å². The van der Waals surface area contributed by atoms with Crippen LogP contribution in [0.1, 0.15) is 35.2 Å². The van der Waals surface area contributed by atoms with Crippen molar-refractivity contribution in [1.29, 1.82) is 0 Å². The fraction of sp³-hybridized carbons (Fsp3) is 0.240. The summed E-state index contributed by atoms with van der Waals surface area (Å²) in [6.45, 7) is 2.64. The zero-order valence-electron chi connectivity index (χ0n) is 19.9. The molecule has 0 unspecified atom stereocenters. The summed E-state index contributed by atoms with van der Waals surface area (Å²) < 4.78 is 55.5. The van der Waals surface area contributed by atoms with Crippen molar-refractivity contribution in [3.05, 3.63) is 81.8 Å². The van der Waals surface area contributed by atoms with Crippen LogP contribution < -0.4 is 10.0 Å². The minimum atomic E-state index is -3.97. The number of halogens is 2. The summed E-state index contributed by atoms with van der Waals surface area (Å²) in [4.78, 5) is 13.0. The molecule has 0 spiro atoms. The van der Waals surface area contributed by atoms with Crippen LogP contribution in [0.5, 0.6) is 0 Å². The predicted molar refractivity (Wildman–Crippen MR) is 145 cm³/mol. The van der Waals surface area contributed by atoms with Crippen LogP contribution in [0.3, 0.4) is 0 Å². The average molecular weight is 583 g/mol. The van der Waals surface area contributed by atoms with Crippen molar-refractivity contribution in [2.75, 3.05) is 23.1 Å². The molecule has 3 aromatic rings. The molecule has 0 radical (unpaired) electrons. The second-order valence-electron chi connectivity index (χ2n) is 8.63. The van der Waals surface area contributed by atoms with Gasteiger partial charge in [-0.1, -0.05) is 41.8 Å². The van der Waals surface area contributed by atoms with E-state index in [2.05, 4.69) is 10.0 Å². The van der Waals surface area contributed by atoms with Crippen molar-refractivity contribution in [3.8, 4) is 0 Å². The average Bonchev–Trinajstić information content (AvgIpc) is 2.87. The summed E-state index contributed by atoms with van der Waals surface area (Å²) in [7, 11) is -7.67. The van der Waals surface area contributed by atoms with E-state index < -0.39 is 26.0 Å². The topological polar surface area (TPSA) is 113 Å². The molecule has 0 aliphatic carbocycles. The molecule has 1 heterocycles. The van der Waals surface area contributed by atoms with Crippen molar-refractivity contribution in [1.82, 2.24) is 4.31 Å². The van der Waals surface area contributed by atoms with Crippen LogP contribution in [0.25, 0.3) is 0 Å². The molecule has 3 aromatic carbocycles. The molecule has 0 bridgehead atoms. The molecular weight excluding hydrogens is 557 g/mol. The highest BCUT2D eigenvalue weighted by atomic mass is 35.5. The maximum Gasteiger partial charge on any atom is 0.261 e. The number of carbonyl (C=O) groups excluding carboxylic acids is 1. The maximum atomic E-state index is 13.0. The standard InChI is InChI=1S/C25H25Cl2N3O5S2/c1-17-8-11-20(37(34,35)30-14-3-2-4-15-30)16-21(17)25(31)28-18-9-12-19(13-10-18)36(32,33)29-23-7-5-6-22(26)24(23)27/h5-13,16,29H,2-4,14-15H2,1H3,(H,28,31). The molecule has 0 saturated carbocycles. The number of aryl methyl sites for hydroxylation is 1. The van der Waals surface area contributed by atoms with E-state index in [1.165, 1.54) is 46.8 Å². The summed E-state index contributed by atoms with van der Waals surface area (Å²) in [6, 6.07) is 14.6. The van der Waals surface area contributed by atoms with Gasteiger partial charge in [0, 0.05) is 24.3 Å². The fourth-order valence-corrected chi connectivity index (χ4v) is 6.98. The first-order valence-corrected chi connectivity index (χ1v) is 15.2. The van der Waals surface area contributed by atoms with Gasteiger partial charge in [0.05, 0.1) is 25.5 Å².